The number of pyridine rings is 1. The molecule has 4 aromatic rings. The summed E-state index contributed by atoms with van der Waals surface area (Å²) < 4.78 is 0. The van der Waals surface area contributed by atoms with Crippen LogP contribution in [0, 0.1) is 0 Å². The number of Topliss-reactive ketones (excluding diaryl/α,β-unsaturated/α-hetero) is 1. The predicted molar refractivity (Wildman–Crippen MR) is 132 cm³/mol. The Morgan fingerprint density at radius 2 is 1.62 bits per heavy atom. The van der Waals surface area contributed by atoms with Gasteiger partial charge < -0.3 is 10.0 Å². The van der Waals surface area contributed by atoms with E-state index in [0.717, 1.165) is 16.3 Å². The minimum Gasteiger partial charge on any atom is -0.507 e. The van der Waals surface area contributed by atoms with Crippen LogP contribution in [0.3, 0.4) is 0 Å². The Bertz CT molecular complexity index is 1470. The van der Waals surface area contributed by atoms with Gasteiger partial charge in [-0.2, -0.15) is 0 Å². The number of hydrogen-bond acceptors (Lipinski definition) is 4. The number of nitrogens with zero attached hydrogens (tertiary/aromatic N) is 2. The molecule has 0 spiro atoms. The van der Waals surface area contributed by atoms with E-state index < -0.39 is 17.7 Å². The van der Waals surface area contributed by atoms with Gasteiger partial charge in [0.15, 0.2) is 0 Å². The van der Waals surface area contributed by atoms with Gasteiger partial charge >= 0.3 is 0 Å². The van der Waals surface area contributed by atoms with Gasteiger partial charge in [0.05, 0.1) is 21.7 Å². The topological polar surface area (TPSA) is 70.5 Å². The Hall–Kier alpha value is -3.67. The minimum atomic E-state index is -0.839. The average Bonchev–Trinajstić information content (AvgIpc) is 3.10. The van der Waals surface area contributed by atoms with Gasteiger partial charge in [-0.3, -0.25) is 14.6 Å². The lowest BCUT2D eigenvalue weighted by Gasteiger charge is -2.25. The summed E-state index contributed by atoms with van der Waals surface area (Å²) in [5.41, 5.74) is 1.83. The number of halogens is 2. The summed E-state index contributed by atoms with van der Waals surface area (Å²) in [5, 5.41) is 13.9. The van der Waals surface area contributed by atoms with Gasteiger partial charge in [0.1, 0.15) is 5.76 Å². The van der Waals surface area contributed by atoms with Gasteiger partial charge in [-0.1, -0.05) is 65.7 Å². The Morgan fingerprint density at radius 1 is 0.882 bits per heavy atom. The van der Waals surface area contributed by atoms with Crippen molar-refractivity contribution in [3.63, 3.8) is 0 Å². The van der Waals surface area contributed by atoms with Crippen LogP contribution in [-0.4, -0.2) is 26.7 Å². The normalized spacial score (nSPS) is 17.5. The van der Waals surface area contributed by atoms with E-state index >= 15 is 0 Å². The highest BCUT2D eigenvalue weighted by molar-refractivity contribution is 6.46. The summed E-state index contributed by atoms with van der Waals surface area (Å²) in [4.78, 5) is 31.8. The summed E-state index contributed by atoms with van der Waals surface area (Å²) >= 11 is 12.4. The number of hydrogen-bond donors (Lipinski definition) is 1. The van der Waals surface area contributed by atoms with E-state index in [1.54, 1.807) is 54.9 Å². The Kier molecular flexibility index (Phi) is 5.82. The molecule has 0 aliphatic carbocycles. The molecule has 1 aromatic heterocycles. The molecule has 0 radical (unpaired) electrons. The van der Waals surface area contributed by atoms with E-state index in [1.807, 2.05) is 30.3 Å². The van der Waals surface area contributed by atoms with Crippen molar-refractivity contribution in [2.45, 2.75) is 12.6 Å². The molecular formula is C27H18Cl2N2O3. The van der Waals surface area contributed by atoms with Crippen molar-refractivity contribution in [1.29, 1.82) is 0 Å². The zero-order valence-corrected chi connectivity index (χ0v) is 19.3. The van der Waals surface area contributed by atoms with Crippen molar-refractivity contribution < 1.29 is 14.7 Å². The van der Waals surface area contributed by atoms with Crippen molar-refractivity contribution in [1.82, 2.24) is 9.88 Å². The number of rotatable bonds is 4. The number of ketones is 1. The third-order valence-electron chi connectivity index (χ3n) is 5.92. The van der Waals surface area contributed by atoms with Crippen LogP contribution < -0.4 is 0 Å². The number of aliphatic hydroxyl groups is 1. The molecule has 1 aliphatic rings. The predicted octanol–water partition coefficient (Wildman–Crippen LogP) is 6.16. The number of carbonyl (C=O) groups excluding carboxylic acids is 2. The molecule has 1 saturated heterocycles. The van der Waals surface area contributed by atoms with Crippen LogP contribution in [-0.2, 0) is 16.1 Å². The molecule has 168 valence electrons. The first kappa shape index (κ1) is 22.1. The second-order valence-electron chi connectivity index (χ2n) is 8.02. The van der Waals surface area contributed by atoms with Crippen molar-refractivity contribution in [3.8, 4) is 0 Å². The summed E-state index contributed by atoms with van der Waals surface area (Å²) in [7, 11) is 0. The van der Waals surface area contributed by atoms with Crippen LogP contribution in [0.15, 0.2) is 90.8 Å². The lowest BCUT2D eigenvalue weighted by atomic mass is 9.94. The number of benzene rings is 3. The van der Waals surface area contributed by atoms with Crippen LogP contribution >= 0.6 is 23.2 Å². The molecule has 7 heteroatoms. The molecule has 1 atom stereocenters. The van der Waals surface area contributed by atoms with Gasteiger partial charge in [0.2, 0.25) is 0 Å². The molecule has 1 N–H and O–H groups in total. The molecule has 2 heterocycles. The third-order valence-corrected chi connectivity index (χ3v) is 6.66. The standard InChI is InChI=1S/C27H18Cl2N2O3/c28-21-8-7-19(14-22(21)29)24-23(25(32)20-6-5-17-3-1-2-4-18(17)13-20)26(33)27(34)31(24)15-16-9-11-30-12-10-16/h1-14,24,32H,15H2/b25-23-. The van der Waals surface area contributed by atoms with E-state index in [1.165, 1.54) is 4.90 Å². The fraction of sp³-hybridized carbons (Fsp3) is 0.0741. The summed E-state index contributed by atoms with van der Waals surface area (Å²) in [6.07, 6.45) is 3.24. The number of carbonyl (C=O) groups is 2. The molecule has 1 aliphatic heterocycles. The quantitative estimate of drug-likeness (QED) is 0.212. The maximum absolute atomic E-state index is 13.2. The van der Waals surface area contributed by atoms with E-state index in [0.29, 0.717) is 21.2 Å². The molecule has 1 fully saturated rings. The maximum atomic E-state index is 13.2. The van der Waals surface area contributed by atoms with Gasteiger partial charge in [0, 0.05) is 24.5 Å². The number of likely N-dealkylation sites (tertiary alicyclic amines) is 1. The highest BCUT2D eigenvalue weighted by Gasteiger charge is 2.46. The lowest BCUT2D eigenvalue weighted by Crippen LogP contribution is -2.29. The first-order chi connectivity index (χ1) is 16.4. The van der Waals surface area contributed by atoms with Gasteiger partial charge in [-0.25, -0.2) is 0 Å². The monoisotopic (exact) mass is 488 g/mol. The number of aromatic nitrogens is 1. The fourth-order valence-corrected chi connectivity index (χ4v) is 4.56. The first-order valence-corrected chi connectivity index (χ1v) is 11.3. The van der Waals surface area contributed by atoms with Crippen LogP contribution in [0.25, 0.3) is 16.5 Å². The van der Waals surface area contributed by atoms with Crippen LogP contribution in [0.4, 0.5) is 0 Å². The Labute approximate surface area is 205 Å². The number of amides is 1. The number of aliphatic hydroxyl groups excluding tert-OH is 1. The molecule has 0 saturated carbocycles. The number of fused-ring (bicyclic) bond motifs is 1. The highest BCUT2D eigenvalue weighted by atomic mass is 35.5. The second-order valence-corrected chi connectivity index (χ2v) is 8.83. The highest BCUT2D eigenvalue weighted by Crippen LogP contribution is 2.42. The second kappa shape index (κ2) is 8.93. The summed E-state index contributed by atoms with van der Waals surface area (Å²) in [6, 6.07) is 20.8. The summed E-state index contributed by atoms with van der Waals surface area (Å²) in [6.45, 7) is 0.159. The van der Waals surface area contributed by atoms with E-state index in [9.17, 15) is 14.7 Å². The first-order valence-electron chi connectivity index (χ1n) is 10.6. The van der Waals surface area contributed by atoms with E-state index in [-0.39, 0.29) is 17.9 Å². The maximum Gasteiger partial charge on any atom is 0.295 e. The molecule has 1 amide bonds. The molecule has 5 nitrogen and oxygen atoms in total. The Balaban J connectivity index is 1.68. The van der Waals surface area contributed by atoms with Gasteiger partial charge in [-0.05, 0) is 52.2 Å². The summed E-state index contributed by atoms with van der Waals surface area (Å²) in [5.74, 6) is -1.69. The zero-order chi connectivity index (χ0) is 23.8. The van der Waals surface area contributed by atoms with Crippen molar-refractivity contribution in [2.24, 2.45) is 0 Å². The van der Waals surface area contributed by atoms with Crippen LogP contribution in [0.5, 0.6) is 0 Å². The molecule has 34 heavy (non-hydrogen) atoms. The molecule has 5 rings (SSSR count). The smallest absolute Gasteiger partial charge is 0.295 e. The molecular weight excluding hydrogens is 471 g/mol. The third kappa shape index (κ3) is 3.94. The van der Waals surface area contributed by atoms with Crippen molar-refractivity contribution in [3.05, 3.63) is 117 Å². The van der Waals surface area contributed by atoms with Crippen LogP contribution in [0.1, 0.15) is 22.7 Å². The average molecular weight is 489 g/mol. The Morgan fingerprint density at radius 3 is 2.35 bits per heavy atom. The molecule has 0 bridgehead atoms. The van der Waals surface area contributed by atoms with E-state index in [2.05, 4.69) is 4.98 Å². The largest absolute Gasteiger partial charge is 0.507 e. The van der Waals surface area contributed by atoms with E-state index in [4.69, 9.17) is 23.2 Å². The molecule has 1 unspecified atom stereocenters. The minimum absolute atomic E-state index is 0.00715. The molecule has 3 aromatic carbocycles. The lowest BCUT2D eigenvalue weighted by molar-refractivity contribution is -0.140. The van der Waals surface area contributed by atoms with Crippen molar-refractivity contribution >= 4 is 51.4 Å². The van der Waals surface area contributed by atoms with Crippen molar-refractivity contribution in [2.75, 3.05) is 0 Å². The van der Waals surface area contributed by atoms with Gasteiger partial charge in [0.25, 0.3) is 11.7 Å². The van der Waals surface area contributed by atoms with Gasteiger partial charge in [-0.15, -0.1) is 0 Å². The fourth-order valence-electron chi connectivity index (χ4n) is 4.25. The SMILES string of the molecule is O=C1C(=O)N(Cc2ccncc2)C(c2ccc(Cl)c(Cl)c2)/C1=C(/O)c1ccc2ccccc2c1. The zero-order valence-electron chi connectivity index (χ0n) is 17.8. The van der Waals surface area contributed by atoms with Crippen LogP contribution in [0.2, 0.25) is 10.0 Å².